The van der Waals surface area contributed by atoms with E-state index in [1.807, 2.05) is 4.90 Å². The van der Waals surface area contributed by atoms with Crippen LogP contribution >= 0.6 is 0 Å². The van der Waals surface area contributed by atoms with Crippen LogP contribution in [0.1, 0.15) is 77.6 Å². The van der Waals surface area contributed by atoms with Crippen LogP contribution in [0.2, 0.25) is 0 Å². The van der Waals surface area contributed by atoms with Gasteiger partial charge >= 0.3 is 0 Å². The lowest BCUT2D eigenvalue weighted by Crippen LogP contribution is -2.44. The fourth-order valence-electron chi connectivity index (χ4n) is 2.65. The summed E-state index contributed by atoms with van der Waals surface area (Å²) in [6.07, 6.45) is 12.4. The van der Waals surface area contributed by atoms with E-state index >= 15 is 0 Å². The van der Waals surface area contributed by atoms with E-state index in [-0.39, 0.29) is 6.61 Å². The highest BCUT2D eigenvalue weighted by Gasteiger charge is 2.27. The zero-order chi connectivity index (χ0) is 13.9. The van der Waals surface area contributed by atoms with Gasteiger partial charge in [-0.2, -0.15) is 0 Å². The van der Waals surface area contributed by atoms with Gasteiger partial charge in [0.1, 0.15) is 0 Å². The van der Waals surface area contributed by atoms with Crippen LogP contribution in [-0.2, 0) is 4.79 Å². The number of rotatable bonds is 11. The van der Waals surface area contributed by atoms with E-state index in [1.165, 1.54) is 38.5 Å². The number of unbranched alkanes of at least 4 members (excludes halogenated alkanes) is 5. The molecule has 0 aromatic rings. The van der Waals surface area contributed by atoms with Crippen molar-refractivity contribution in [3.63, 3.8) is 0 Å². The van der Waals surface area contributed by atoms with Gasteiger partial charge in [0.2, 0.25) is 5.91 Å². The third-order valence-electron chi connectivity index (χ3n) is 4.14. The van der Waals surface area contributed by atoms with Crippen LogP contribution in [0.4, 0.5) is 0 Å². The monoisotopic (exact) mass is 269 g/mol. The van der Waals surface area contributed by atoms with E-state index in [2.05, 4.69) is 6.92 Å². The zero-order valence-electron chi connectivity index (χ0n) is 12.6. The number of aliphatic hydroxyl groups is 1. The predicted molar refractivity (Wildman–Crippen MR) is 79.0 cm³/mol. The summed E-state index contributed by atoms with van der Waals surface area (Å²) < 4.78 is 0. The summed E-state index contributed by atoms with van der Waals surface area (Å²) in [5.74, 6) is 0.314. The van der Waals surface area contributed by atoms with Crippen molar-refractivity contribution in [2.24, 2.45) is 0 Å². The number of aliphatic hydroxyl groups excluding tert-OH is 1. The summed E-state index contributed by atoms with van der Waals surface area (Å²) in [5.41, 5.74) is 0. The molecule has 19 heavy (non-hydrogen) atoms. The fraction of sp³-hybridized carbons (Fsp3) is 0.938. The topological polar surface area (TPSA) is 40.5 Å². The number of amides is 1. The molecule has 0 unspecified atom stereocenters. The van der Waals surface area contributed by atoms with Crippen molar-refractivity contribution in [3.05, 3.63) is 0 Å². The smallest absolute Gasteiger partial charge is 0.222 e. The minimum absolute atomic E-state index is 0.188. The molecule has 0 atom stereocenters. The standard InChI is InChI=1S/C16H31NO2/c1-2-3-4-5-6-7-12-16(19)17(13-9-14-18)15-10-8-11-15/h15,18H,2-14H2,1H3. The average Bonchev–Trinajstić information content (AvgIpc) is 2.36. The van der Waals surface area contributed by atoms with Crippen molar-refractivity contribution in [1.82, 2.24) is 4.90 Å². The normalized spacial score (nSPS) is 15.3. The Morgan fingerprint density at radius 3 is 2.37 bits per heavy atom. The quantitative estimate of drug-likeness (QED) is 0.583. The zero-order valence-corrected chi connectivity index (χ0v) is 12.6. The van der Waals surface area contributed by atoms with Gasteiger partial charge in [0.05, 0.1) is 0 Å². The van der Waals surface area contributed by atoms with Crippen LogP contribution in [0.25, 0.3) is 0 Å². The Morgan fingerprint density at radius 1 is 1.11 bits per heavy atom. The number of carbonyl (C=O) groups excluding carboxylic acids is 1. The van der Waals surface area contributed by atoms with Crippen molar-refractivity contribution >= 4 is 5.91 Å². The van der Waals surface area contributed by atoms with E-state index in [9.17, 15) is 4.79 Å². The van der Waals surface area contributed by atoms with Gasteiger partial charge in [0.15, 0.2) is 0 Å². The van der Waals surface area contributed by atoms with Gasteiger partial charge in [-0.1, -0.05) is 39.0 Å². The highest BCUT2D eigenvalue weighted by Crippen LogP contribution is 2.25. The molecular formula is C16H31NO2. The van der Waals surface area contributed by atoms with E-state index in [1.54, 1.807) is 0 Å². The van der Waals surface area contributed by atoms with E-state index < -0.39 is 0 Å². The average molecular weight is 269 g/mol. The Hall–Kier alpha value is -0.570. The molecule has 3 nitrogen and oxygen atoms in total. The molecule has 0 aromatic heterocycles. The van der Waals surface area contributed by atoms with E-state index in [0.29, 0.717) is 18.4 Å². The number of nitrogens with zero attached hydrogens (tertiary/aromatic N) is 1. The Bertz CT molecular complexity index is 239. The lowest BCUT2D eigenvalue weighted by Gasteiger charge is -2.37. The molecule has 1 aliphatic carbocycles. The molecule has 1 fully saturated rings. The molecule has 0 aliphatic heterocycles. The second kappa shape index (κ2) is 10.2. The molecule has 0 heterocycles. The molecule has 1 N–H and O–H groups in total. The molecule has 0 bridgehead atoms. The number of carbonyl (C=O) groups is 1. The summed E-state index contributed by atoms with van der Waals surface area (Å²) in [7, 11) is 0. The first kappa shape index (κ1) is 16.5. The van der Waals surface area contributed by atoms with Crippen molar-refractivity contribution in [2.45, 2.75) is 83.6 Å². The second-order valence-electron chi connectivity index (χ2n) is 5.77. The Labute approximate surface area is 118 Å². The molecule has 3 heteroatoms. The van der Waals surface area contributed by atoms with E-state index in [4.69, 9.17) is 5.11 Å². The molecule has 1 amide bonds. The molecule has 1 saturated carbocycles. The maximum atomic E-state index is 12.2. The lowest BCUT2D eigenvalue weighted by atomic mass is 9.91. The minimum Gasteiger partial charge on any atom is -0.396 e. The fourth-order valence-corrected chi connectivity index (χ4v) is 2.65. The maximum absolute atomic E-state index is 12.2. The Morgan fingerprint density at radius 2 is 1.79 bits per heavy atom. The highest BCUT2D eigenvalue weighted by molar-refractivity contribution is 5.76. The van der Waals surface area contributed by atoms with Crippen LogP contribution in [0, 0.1) is 0 Å². The third-order valence-corrected chi connectivity index (χ3v) is 4.14. The van der Waals surface area contributed by atoms with Crippen LogP contribution < -0.4 is 0 Å². The Kier molecular flexibility index (Phi) is 8.89. The van der Waals surface area contributed by atoms with Crippen molar-refractivity contribution in [1.29, 1.82) is 0 Å². The van der Waals surface area contributed by atoms with Gasteiger partial charge in [0, 0.05) is 25.6 Å². The molecule has 0 radical (unpaired) electrons. The van der Waals surface area contributed by atoms with Gasteiger partial charge in [-0.25, -0.2) is 0 Å². The van der Waals surface area contributed by atoms with Gasteiger partial charge in [-0.3, -0.25) is 4.79 Å². The molecule has 1 rings (SSSR count). The number of hydrogen-bond donors (Lipinski definition) is 1. The summed E-state index contributed by atoms with van der Waals surface area (Å²) in [6.45, 7) is 3.16. The first-order valence-corrected chi connectivity index (χ1v) is 8.20. The molecule has 0 spiro atoms. The van der Waals surface area contributed by atoms with Crippen molar-refractivity contribution < 1.29 is 9.90 Å². The largest absolute Gasteiger partial charge is 0.396 e. The van der Waals surface area contributed by atoms with Crippen LogP contribution in [0.5, 0.6) is 0 Å². The first-order chi connectivity index (χ1) is 9.29. The van der Waals surface area contributed by atoms with Gasteiger partial charge in [-0.05, 0) is 32.1 Å². The summed E-state index contributed by atoms with van der Waals surface area (Å²) >= 11 is 0. The maximum Gasteiger partial charge on any atom is 0.222 e. The molecule has 0 saturated heterocycles. The molecule has 0 aromatic carbocycles. The lowest BCUT2D eigenvalue weighted by molar-refractivity contribution is -0.135. The summed E-state index contributed by atoms with van der Waals surface area (Å²) in [5, 5.41) is 8.93. The number of hydrogen-bond acceptors (Lipinski definition) is 2. The van der Waals surface area contributed by atoms with Gasteiger partial charge in [-0.15, -0.1) is 0 Å². The third kappa shape index (κ3) is 6.42. The van der Waals surface area contributed by atoms with Crippen molar-refractivity contribution in [3.8, 4) is 0 Å². The predicted octanol–water partition coefficient (Wildman–Crippen LogP) is 3.50. The Balaban J connectivity index is 2.15. The SMILES string of the molecule is CCCCCCCCC(=O)N(CCCO)C1CCC1. The summed E-state index contributed by atoms with van der Waals surface area (Å²) in [6, 6.07) is 0.471. The van der Waals surface area contributed by atoms with Gasteiger partial charge < -0.3 is 10.0 Å². The van der Waals surface area contributed by atoms with Crippen LogP contribution in [0.15, 0.2) is 0 Å². The molecule has 1 aliphatic rings. The summed E-state index contributed by atoms with van der Waals surface area (Å²) in [4.78, 5) is 14.2. The second-order valence-corrected chi connectivity index (χ2v) is 5.77. The minimum atomic E-state index is 0.188. The van der Waals surface area contributed by atoms with Crippen LogP contribution in [0.3, 0.4) is 0 Å². The highest BCUT2D eigenvalue weighted by atomic mass is 16.3. The van der Waals surface area contributed by atoms with E-state index in [0.717, 1.165) is 32.2 Å². The molecule has 112 valence electrons. The molecular weight excluding hydrogens is 238 g/mol. The van der Waals surface area contributed by atoms with Crippen LogP contribution in [-0.4, -0.2) is 35.1 Å². The first-order valence-electron chi connectivity index (χ1n) is 8.20. The van der Waals surface area contributed by atoms with Crippen molar-refractivity contribution in [2.75, 3.05) is 13.2 Å². The van der Waals surface area contributed by atoms with Gasteiger partial charge in [0.25, 0.3) is 0 Å².